The third-order valence-electron chi connectivity index (χ3n) is 9.37. The molecule has 0 unspecified atom stereocenters. The van der Waals surface area contributed by atoms with Gasteiger partial charge in [0.15, 0.2) is 0 Å². The van der Waals surface area contributed by atoms with Crippen LogP contribution in [0.25, 0.3) is 0 Å². The van der Waals surface area contributed by atoms with Crippen LogP contribution in [0.5, 0.6) is 11.5 Å². The number of nitrogens with zero attached hydrogens (tertiary/aromatic N) is 3. The molecular weight excluding hydrogens is 556 g/mol. The molecule has 0 radical (unpaired) electrons. The van der Waals surface area contributed by atoms with Crippen molar-refractivity contribution in [1.29, 1.82) is 0 Å². The number of ketones is 1. The molecule has 232 valence electrons. The summed E-state index contributed by atoms with van der Waals surface area (Å²) in [6.07, 6.45) is 5.25. The number of carbonyl (C=O) groups is 2. The molecule has 9 nitrogen and oxygen atoms in total. The molecule has 6 rings (SSSR count). The lowest BCUT2D eigenvalue weighted by atomic mass is 9.63. The number of rotatable bonds is 11. The van der Waals surface area contributed by atoms with Crippen molar-refractivity contribution in [3.63, 3.8) is 0 Å². The number of hydrogen-bond donors (Lipinski definition) is 1. The number of benzene rings is 2. The highest BCUT2D eigenvalue weighted by atomic mass is 16.6. The molecule has 44 heavy (non-hydrogen) atoms. The Kier molecular flexibility index (Phi) is 7.76. The lowest BCUT2D eigenvalue weighted by molar-refractivity contribution is -0.134. The molecule has 1 spiro atoms. The molecule has 3 aromatic rings. The van der Waals surface area contributed by atoms with Crippen molar-refractivity contribution in [2.75, 3.05) is 18.0 Å². The van der Waals surface area contributed by atoms with E-state index >= 15 is 0 Å². The molecule has 0 bridgehead atoms. The van der Waals surface area contributed by atoms with Gasteiger partial charge in [-0.1, -0.05) is 38.1 Å². The fraction of sp³-hybridized carbons (Fsp3) is 0.486. The van der Waals surface area contributed by atoms with Crippen molar-refractivity contribution in [2.45, 2.75) is 83.5 Å². The zero-order valence-corrected chi connectivity index (χ0v) is 26.0. The summed E-state index contributed by atoms with van der Waals surface area (Å²) in [5.74, 6) is 3.17. The number of carbonyl (C=O) groups excluding carboxylic acids is 2. The van der Waals surface area contributed by atoms with Crippen LogP contribution in [-0.2, 0) is 21.6 Å². The predicted octanol–water partition coefficient (Wildman–Crippen LogP) is 5.97. The second-order valence-corrected chi connectivity index (χ2v) is 14.0. The van der Waals surface area contributed by atoms with Gasteiger partial charge in [-0.25, -0.2) is 14.8 Å². The molecule has 2 aliphatic carbocycles. The minimum Gasteiger partial charge on any atom is -0.490 e. The van der Waals surface area contributed by atoms with Crippen molar-refractivity contribution in [3.8, 4) is 11.5 Å². The maximum atomic E-state index is 11.4. The number of aromatic nitrogens is 2. The van der Waals surface area contributed by atoms with E-state index in [4.69, 9.17) is 19.9 Å². The molecule has 2 aromatic carbocycles. The summed E-state index contributed by atoms with van der Waals surface area (Å²) >= 11 is 0. The first-order valence-electron chi connectivity index (χ1n) is 15.5. The SMILES string of the molecule is CC(C)(CC1CC(Oc2ccc(C(C)(C)c3ccc(OCc4ccnc(N5CC6(CC(=O)C6)C5)n4)cc3)cc2)C1)OC(N)=O. The molecule has 0 atom stereocenters. The van der Waals surface area contributed by atoms with Gasteiger partial charge >= 0.3 is 6.09 Å². The maximum absolute atomic E-state index is 11.4. The van der Waals surface area contributed by atoms with Gasteiger partial charge < -0.3 is 24.8 Å². The largest absolute Gasteiger partial charge is 0.490 e. The first kappa shape index (κ1) is 29.9. The zero-order valence-electron chi connectivity index (χ0n) is 26.0. The average Bonchev–Trinajstić information content (AvgIpc) is 2.92. The lowest BCUT2D eigenvalue weighted by Crippen LogP contribution is -2.63. The number of Topliss-reactive ketones (excluding diaryl/α,β-unsaturated/α-hetero) is 1. The van der Waals surface area contributed by atoms with E-state index in [0.29, 0.717) is 37.1 Å². The van der Waals surface area contributed by atoms with Gasteiger partial charge in [-0.3, -0.25) is 4.79 Å². The Labute approximate surface area is 259 Å². The zero-order chi connectivity index (χ0) is 31.1. The highest BCUT2D eigenvalue weighted by Gasteiger charge is 2.52. The molecule has 9 heteroatoms. The molecule has 1 amide bonds. The summed E-state index contributed by atoms with van der Waals surface area (Å²) in [7, 11) is 0. The molecule has 2 heterocycles. The van der Waals surface area contributed by atoms with Crippen LogP contribution in [0.4, 0.5) is 10.7 Å². The van der Waals surface area contributed by atoms with Crippen molar-refractivity contribution in [1.82, 2.24) is 9.97 Å². The number of ether oxygens (including phenoxy) is 3. The Balaban J connectivity index is 0.982. The van der Waals surface area contributed by atoms with Gasteiger partial charge in [-0.15, -0.1) is 0 Å². The summed E-state index contributed by atoms with van der Waals surface area (Å²) < 4.78 is 17.5. The molecular formula is C35H42N4O5. The van der Waals surface area contributed by atoms with E-state index in [1.807, 2.05) is 44.2 Å². The molecule has 1 aliphatic heterocycles. The number of anilines is 1. The Bertz CT molecular complexity index is 1500. The summed E-state index contributed by atoms with van der Waals surface area (Å²) in [6, 6.07) is 18.5. The predicted molar refractivity (Wildman–Crippen MR) is 167 cm³/mol. The minimum atomic E-state index is -0.729. The van der Waals surface area contributed by atoms with E-state index < -0.39 is 11.7 Å². The molecule has 2 N–H and O–H groups in total. The summed E-state index contributed by atoms with van der Waals surface area (Å²) in [5, 5.41) is 0. The van der Waals surface area contributed by atoms with E-state index in [-0.39, 0.29) is 16.9 Å². The number of nitrogens with two attached hydrogens (primary N) is 1. The highest BCUT2D eigenvalue weighted by molar-refractivity contribution is 5.87. The van der Waals surface area contributed by atoms with Crippen molar-refractivity contribution >= 4 is 17.8 Å². The molecule has 3 aliphatic rings. The first-order chi connectivity index (χ1) is 20.9. The summed E-state index contributed by atoms with van der Waals surface area (Å²) in [5.41, 5.74) is 7.81. The van der Waals surface area contributed by atoms with Crippen LogP contribution in [0.15, 0.2) is 60.8 Å². The van der Waals surface area contributed by atoms with Crippen molar-refractivity contribution in [3.05, 3.63) is 77.6 Å². The minimum absolute atomic E-state index is 0.169. The van der Waals surface area contributed by atoms with Crippen LogP contribution in [0, 0.1) is 11.3 Å². The van der Waals surface area contributed by atoms with Gasteiger partial charge in [0.1, 0.15) is 29.5 Å². The van der Waals surface area contributed by atoms with Crippen LogP contribution < -0.4 is 20.1 Å². The lowest BCUT2D eigenvalue weighted by Gasteiger charge is -2.54. The Morgan fingerprint density at radius 2 is 1.57 bits per heavy atom. The van der Waals surface area contributed by atoms with Gasteiger partial charge in [0, 0.05) is 43.0 Å². The molecule has 1 saturated heterocycles. The summed E-state index contributed by atoms with van der Waals surface area (Å²) in [4.78, 5) is 33.8. The standard InChI is InChI=1S/C35H42N4O5/c1-33(2,44-31(36)41)17-23-15-30(16-23)43-29-11-7-25(8-12-29)34(3,4)24-5-9-28(10-6-24)42-20-26-13-14-37-32(38-26)39-21-35(22-39)18-27(40)19-35/h5-14,23,30H,15-22H2,1-4H3,(H2,36,41). The molecule has 1 aromatic heterocycles. The third-order valence-corrected chi connectivity index (χ3v) is 9.37. The van der Waals surface area contributed by atoms with Crippen LogP contribution in [0.2, 0.25) is 0 Å². The first-order valence-corrected chi connectivity index (χ1v) is 15.5. The quantitative estimate of drug-likeness (QED) is 0.287. The number of hydrogen-bond acceptors (Lipinski definition) is 8. The Morgan fingerprint density at radius 1 is 0.955 bits per heavy atom. The number of primary amides is 1. The van der Waals surface area contributed by atoms with E-state index in [1.54, 1.807) is 6.20 Å². The van der Waals surface area contributed by atoms with E-state index in [9.17, 15) is 9.59 Å². The average molecular weight is 599 g/mol. The number of amides is 1. The molecule has 3 fully saturated rings. The fourth-order valence-corrected chi connectivity index (χ4v) is 6.91. The smallest absolute Gasteiger partial charge is 0.405 e. The summed E-state index contributed by atoms with van der Waals surface area (Å²) in [6.45, 7) is 10.3. The van der Waals surface area contributed by atoms with Gasteiger partial charge in [0.2, 0.25) is 5.95 Å². The van der Waals surface area contributed by atoms with Crippen LogP contribution in [0.3, 0.4) is 0 Å². The van der Waals surface area contributed by atoms with E-state index in [1.165, 1.54) is 11.1 Å². The normalized spacial score (nSPS) is 20.7. The van der Waals surface area contributed by atoms with Gasteiger partial charge in [-0.2, -0.15) is 0 Å². The van der Waals surface area contributed by atoms with Crippen molar-refractivity contribution < 1.29 is 23.8 Å². The monoisotopic (exact) mass is 598 g/mol. The van der Waals surface area contributed by atoms with E-state index in [0.717, 1.165) is 49.5 Å². The highest BCUT2D eigenvalue weighted by Crippen LogP contribution is 2.46. The van der Waals surface area contributed by atoms with Crippen LogP contribution >= 0.6 is 0 Å². The molecule has 2 saturated carbocycles. The Morgan fingerprint density at radius 3 is 2.16 bits per heavy atom. The maximum Gasteiger partial charge on any atom is 0.405 e. The second-order valence-electron chi connectivity index (χ2n) is 14.0. The van der Waals surface area contributed by atoms with Crippen LogP contribution in [-0.4, -0.2) is 46.6 Å². The van der Waals surface area contributed by atoms with E-state index in [2.05, 4.69) is 53.0 Å². The topological polar surface area (TPSA) is 117 Å². The third kappa shape index (κ3) is 6.51. The van der Waals surface area contributed by atoms with Gasteiger partial charge in [0.25, 0.3) is 0 Å². The Hall–Kier alpha value is -4.14. The van der Waals surface area contributed by atoms with Gasteiger partial charge in [0.05, 0.1) is 11.8 Å². The van der Waals surface area contributed by atoms with Crippen molar-refractivity contribution in [2.24, 2.45) is 17.1 Å². The second kappa shape index (κ2) is 11.4. The fourth-order valence-electron chi connectivity index (χ4n) is 6.91. The van der Waals surface area contributed by atoms with Gasteiger partial charge in [-0.05, 0) is 80.5 Å². The van der Waals surface area contributed by atoms with Crippen LogP contribution in [0.1, 0.15) is 76.6 Å².